The van der Waals surface area contributed by atoms with Crippen molar-refractivity contribution >= 4 is 17.7 Å². The summed E-state index contributed by atoms with van der Waals surface area (Å²) in [5, 5.41) is 0. The molecule has 138 valence electrons. The minimum Gasteiger partial charge on any atom is -0.450 e. The lowest BCUT2D eigenvalue weighted by Crippen LogP contribution is -2.49. The van der Waals surface area contributed by atoms with Gasteiger partial charge in [0, 0.05) is 45.3 Å². The third-order valence-electron chi connectivity index (χ3n) is 4.87. The molecule has 2 aliphatic heterocycles. The summed E-state index contributed by atoms with van der Waals surface area (Å²) in [7, 11) is 0. The lowest BCUT2D eigenvalue weighted by atomic mass is 10.2. The van der Waals surface area contributed by atoms with Gasteiger partial charge >= 0.3 is 6.09 Å². The number of piperazine rings is 1. The second kappa shape index (κ2) is 8.36. The van der Waals surface area contributed by atoms with Crippen molar-refractivity contribution < 1.29 is 9.53 Å². The number of carbonyl (C=O) groups excluding carboxylic acids is 1. The maximum Gasteiger partial charge on any atom is 0.409 e. The topological polar surface area (TPSA) is 61.8 Å². The van der Waals surface area contributed by atoms with E-state index >= 15 is 0 Å². The Morgan fingerprint density at radius 2 is 1.52 bits per heavy atom. The van der Waals surface area contributed by atoms with E-state index in [0.717, 1.165) is 43.6 Å². The number of aryl methyl sites for hydroxylation is 1. The smallest absolute Gasteiger partial charge is 0.409 e. The molecule has 3 heterocycles. The lowest BCUT2D eigenvalue weighted by molar-refractivity contribution is 0.105. The van der Waals surface area contributed by atoms with Gasteiger partial charge in [0.15, 0.2) is 0 Å². The van der Waals surface area contributed by atoms with Gasteiger partial charge in [-0.05, 0) is 26.7 Å². The fourth-order valence-electron chi connectivity index (χ4n) is 3.49. The van der Waals surface area contributed by atoms with Gasteiger partial charge in [0.1, 0.15) is 17.5 Å². The maximum absolute atomic E-state index is 11.8. The van der Waals surface area contributed by atoms with E-state index in [4.69, 9.17) is 4.74 Å². The minimum absolute atomic E-state index is 0.216. The predicted octanol–water partition coefficient (Wildman–Crippen LogP) is 2.44. The molecule has 7 heteroatoms. The number of ether oxygens (including phenoxy) is 1. The highest BCUT2D eigenvalue weighted by Crippen LogP contribution is 2.23. The van der Waals surface area contributed by atoms with Crippen molar-refractivity contribution in [1.29, 1.82) is 0 Å². The zero-order valence-corrected chi connectivity index (χ0v) is 15.4. The molecular formula is C18H29N5O2. The Morgan fingerprint density at radius 1 is 0.960 bits per heavy atom. The third kappa shape index (κ3) is 4.52. The van der Waals surface area contributed by atoms with Crippen LogP contribution in [0.25, 0.3) is 0 Å². The summed E-state index contributed by atoms with van der Waals surface area (Å²) in [6.45, 7) is 9.25. The fourth-order valence-corrected chi connectivity index (χ4v) is 3.49. The first kappa shape index (κ1) is 17.8. The van der Waals surface area contributed by atoms with E-state index in [0.29, 0.717) is 19.7 Å². The van der Waals surface area contributed by atoms with Crippen LogP contribution in [0.4, 0.5) is 16.4 Å². The summed E-state index contributed by atoms with van der Waals surface area (Å²) in [6, 6.07) is 2.11. The van der Waals surface area contributed by atoms with Gasteiger partial charge in [-0.15, -0.1) is 0 Å². The molecule has 1 amide bonds. The fraction of sp³-hybridized carbons (Fsp3) is 0.722. The standard InChI is InChI=1S/C18H29N5O2/c1-3-25-18(24)23-12-10-22(11-13-23)17-14-16(19-15(2)20-17)21-8-6-4-5-7-9-21/h14H,3-13H2,1-2H3. The number of anilines is 2. The van der Waals surface area contributed by atoms with Crippen molar-refractivity contribution in [1.82, 2.24) is 14.9 Å². The average molecular weight is 347 g/mol. The van der Waals surface area contributed by atoms with E-state index in [1.165, 1.54) is 25.7 Å². The third-order valence-corrected chi connectivity index (χ3v) is 4.87. The van der Waals surface area contributed by atoms with Crippen LogP contribution in [0, 0.1) is 6.92 Å². The molecule has 0 saturated carbocycles. The first-order chi connectivity index (χ1) is 12.2. The summed E-state index contributed by atoms with van der Waals surface area (Å²) < 4.78 is 5.09. The van der Waals surface area contributed by atoms with Gasteiger partial charge in [-0.25, -0.2) is 14.8 Å². The average Bonchev–Trinajstić information content (AvgIpc) is 2.91. The van der Waals surface area contributed by atoms with Crippen LogP contribution in [0.5, 0.6) is 0 Å². The number of aromatic nitrogens is 2. The Hall–Kier alpha value is -2.05. The molecule has 0 N–H and O–H groups in total. The second-order valence-corrected chi connectivity index (χ2v) is 6.71. The summed E-state index contributed by atoms with van der Waals surface area (Å²) in [5.41, 5.74) is 0. The molecule has 2 fully saturated rings. The van der Waals surface area contributed by atoms with Gasteiger partial charge in [-0.2, -0.15) is 0 Å². The molecule has 0 atom stereocenters. The molecule has 2 saturated heterocycles. The number of nitrogens with zero attached hydrogens (tertiary/aromatic N) is 5. The molecule has 1 aromatic rings. The zero-order valence-electron chi connectivity index (χ0n) is 15.4. The Balaban J connectivity index is 1.67. The molecule has 3 rings (SSSR count). The van der Waals surface area contributed by atoms with E-state index in [9.17, 15) is 4.79 Å². The molecule has 0 aliphatic carbocycles. The molecule has 0 unspecified atom stereocenters. The van der Waals surface area contributed by atoms with Gasteiger partial charge in [0.25, 0.3) is 0 Å². The SMILES string of the molecule is CCOC(=O)N1CCN(c2cc(N3CCCCCC3)nc(C)n2)CC1. The summed E-state index contributed by atoms with van der Waals surface area (Å²) >= 11 is 0. The van der Waals surface area contributed by atoms with Crippen LogP contribution < -0.4 is 9.80 Å². The highest BCUT2D eigenvalue weighted by Gasteiger charge is 2.23. The number of carbonyl (C=O) groups is 1. The molecule has 0 bridgehead atoms. The van der Waals surface area contributed by atoms with E-state index in [-0.39, 0.29) is 6.09 Å². The van der Waals surface area contributed by atoms with E-state index in [2.05, 4.69) is 25.8 Å². The van der Waals surface area contributed by atoms with Gasteiger partial charge in [-0.1, -0.05) is 12.8 Å². The predicted molar refractivity (Wildman–Crippen MR) is 98.3 cm³/mol. The van der Waals surface area contributed by atoms with Gasteiger partial charge in [-0.3, -0.25) is 0 Å². The number of amides is 1. The Bertz CT molecular complexity index is 579. The van der Waals surface area contributed by atoms with Gasteiger partial charge in [0.05, 0.1) is 6.61 Å². The van der Waals surface area contributed by atoms with Crippen LogP contribution >= 0.6 is 0 Å². The van der Waals surface area contributed by atoms with Gasteiger partial charge < -0.3 is 19.4 Å². The van der Waals surface area contributed by atoms with Crippen molar-refractivity contribution in [3.63, 3.8) is 0 Å². The molecule has 1 aromatic heterocycles. The highest BCUT2D eigenvalue weighted by molar-refractivity contribution is 5.68. The monoisotopic (exact) mass is 347 g/mol. The molecule has 2 aliphatic rings. The lowest BCUT2D eigenvalue weighted by Gasteiger charge is -2.35. The molecule has 7 nitrogen and oxygen atoms in total. The van der Waals surface area contributed by atoms with E-state index in [1.807, 2.05) is 13.8 Å². The molecular weight excluding hydrogens is 318 g/mol. The normalized spacial score (nSPS) is 18.9. The number of rotatable bonds is 3. The quantitative estimate of drug-likeness (QED) is 0.837. The summed E-state index contributed by atoms with van der Waals surface area (Å²) in [4.78, 5) is 27.5. The summed E-state index contributed by atoms with van der Waals surface area (Å²) in [5.74, 6) is 2.82. The summed E-state index contributed by atoms with van der Waals surface area (Å²) in [6.07, 6.45) is 4.87. The van der Waals surface area contributed by atoms with Crippen molar-refractivity contribution in [2.75, 3.05) is 55.7 Å². The molecule has 0 spiro atoms. The number of hydrogen-bond donors (Lipinski definition) is 0. The molecule has 25 heavy (non-hydrogen) atoms. The van der Waals surface area contributed by atoms with Crippen LogP contribution in [0.1, 0.15) is 38.4 Å². The highest BCUT2D eigenvalue weighted by atomic mass is 16.6. The first-order valence-corrected chi connectivity index (χ1v) is 9.44. The molecule has 0 aromatic carbocycles. The zero-order chi connectivity index (χ0) is 17.6. The van der Waals surface area contributed by atoms with Crippen LogP contribution in [0.3, 0.4) is 0 Å². The van der Waals surface area contributed by atoms with Crippen LogP contribution in [-0.2, 0) is 4.74 Å². The van der Waals surface area contributed by atoms with Gasteiger partial charge in [0.2, 0.25) is 0 Å². The Kier molecular flexibility index (Phi) is 5.94. The largest absolute Gasteiger partial charge is 0.450 e. The van der Waals surface area contributed by atoms with Crippen LogP contribution in [0.15, 0.2) is 6.07 Å². The van der Waals surface area contributed by atoms with E-state index < -0.39 is 0 Å². The van der Waals surface area contributed by atoms with Crippen LogP contribution in [0.2, 0.25) is 0 Å². The minimum atomic E-state index is -0.216. The first-order valence-electron chi connectivity index (χ1n) is 9.44. The van der Waals surface area contributed by atoms with Crippen molar-refractivity contribution in [3.8, 4) is 0 Å². The Labute approximate surface area is 150 Å². The van der Waals surface area contributed by atoms with Crippen molar-refractivity contribution in [2.24, 2.45) is 0 Å². The Morgan fingerprint density at radius 3 is 2.08 bits per heavy atom. The maximum atomic E-state index is 11.8. The second-order valence-electron chi connectivity index (χ2n) is 6.71. The van der Waals surface area contributed by atoms with Crippen molar-refractivity contribution in [3.05, 3.63) is 11.9 Å². The molecule has 0 radical (unpaired) electrons. The van der Waals surface area contributed by atoms with Crippen molar-refractivity contribution in [2.45, 2.75) is 39.5 Å². The number of hydrogen-bond acceptors (Lipinski definition) is 6. The van der Waals surface area contributed by atoms with Crippen LogP contribution in [-0.4, -0.2) is 66.8 Å². The van der Waals surface area contributed by atoms with E-state index in [1.54, 1.807) is 4.90 Å².